The minimum absolute atomic E-state index is 0.0550. The summed E-state index contributed by atoms with van der Waals surface area (Å²) in [5, 5.41) is 17.0. The molecule has 0 aliphatic rings. The molecule has 0 aromatic heterocycles. The van der Waals surface area contributed by atoms with E-state index in [0.29, 0.717) is 25.6 Å². The van der Waals surface area contributed by atoms with E-state index >= 15 is 0 Å². The third-order valence-corrected chi connectivity index (χ3v) is 3.50. The summed E-state index contributed by atoms with van der Waals surface area (Å²) >= 11 is 0. The van der Waals surface area contributed by atoms with Gasteiger partial charge < -0.3 is 10.6 Å². The van der Waals surface area contributed by atoms with Crippen LogP contribution < -0.4 is 10.6 Å². The Labute approximate surface area is 151 Å². The van der Waals surface area contributed by atoms with Crippen molar-refractivity contribution >= 4 is 11.6 Å². The first kappa shape index (κ1) is 19.1. The molecule has 0 aliphatic carbocycles. The molecule has 0 heterocycles. The first-order valence-corrected chi connectivity index (χ1v) is 8.08. The van der Waals surface area contributed by atoms with Crippen LogP contribution in [0.4, 0.5) is 10.1 Å². The Hall–Kier alpha value is -3.22. The predicted octanol–water partition coefficient (Wildman–Crippen LogP) is 3.55. The number of non-ortho nitro benzene ring substituents is 1. The molecule has 26 heavy (non-hydrogen) atoms. The van der Waals surface area contributed by atoms with Crippen molar-refractivity contribution < 1.29 is 9.31 Å². The fraction of sp³-hybridized carbons (Fsp3) is 0.211. The Kier molecular flexibility index (Phi) is 6.84. The molecular formula is C19H21FN4O2. The number of nitro groups is 1. The minimum atomic E-state index is -0.429. The smallest absolute Gasteiger partial charge is 0.269 e. The maximum Gasteiger partial charge on any atom is 0.269 e. The molecular weight excluding hydrogens is 335 g/mol. The van der Waals surface area contributed by atoms with Gasteiger partial charge in [0.25, 0.3) is 5.69 Å². The van der Waals surface area contributed by atoms with Crippen molar-refractivity contribution in [3.63, 3.8) is 0 Å². The number of hydrogen-bond donors (Lipinski definition) is 2. The number of nitrogens with zero attached hydrogens (tertiary/aromatic N) is 2. The van der Waals surface area contributed by atoms with Crippen molar-refractivity contribution in [2.24, 2.45) is 4.99 Å². The van der Waals surface area contributed by atoms with Crippen molar-refractivity contribution in [3.8, 4) is 0 Å². The van der Waals surface area contributed by atoms with Gasteiger partial charge in [0, 0.05) is 25.2 Å². The summed E-state index contributed by atoms with van der Waals surface area (Å²) in [6, 6.07) is 12.5. The van der Waals surface area contributed by atoms with E-state index in [1.807, 2.05) is 6.92 Å². The van der Waals surface area contributed by atoms with Crippen LogP contribution in [0, 0.1) is 15.9 Å². The SMILES string of the molecule is C=C(C)CNC(=NCc1ccc(F)cc1)NCc1ccc([N+](=O)[O-])cc1. The largest absolute Gasteiger partial charge is 0.353 e. The fourth-order valence-electron chi connectivity index (χ4n) is 2.09. The maximum atomic E-state index is 13.0. The van der Waals surface area contributed by atoms with Gasteiger partial charge in [-0.15, -0.1) is 0 Å². The van der Waals surface area contributed by atoms with Crippen molar-refractivity contribution in [1.82, 2.24) is 10.6 Å². The molecule has 7 heteroatoms. The van der Waals surface area contributed by atoms with Crippen molar-refractivity contribution in [2.75, 3.05) is 6.54 Å². The van der Waals surface area contributed by atoms with Crippen LogP contribution in [0.25, 0.3) is 0 Å². The molecule has 0 atom stereocenters. The zero-order chi connectivity index (χ0) is 18.9. The highest BCUT2D eigenvalue weighted by atomic mass is 19.1. The minimum Gasteiger partial charge on any atom is -0.353 e. The summed E-state index contributed by atoms with van der Waals surface area (Å²) in [5.74, 6) is 0.297. The number of nitro benzene ring substituents is 1. The van der Waals surface area contributed by atoms with Crippen molar-refractivity contribution in [2.45, 2.75) is 20.0 Å². The number of nitrogens with one attached hydrogen (secondary N) is 2. The average Bonchev–Trinajstić information content (AvgIpc) is 2.62. The molecule has 2 aromatic rings. The monoisotopic (exact) mass is 356 g/mol. The van der Waals surface area contributed by atoms with Crippen LogP contribution in [0.5, 0.6) is 0 Å². The predicted molar refractivity (Wildman–Crippen MR) is 100 cm³/mol. The second-order valence-electron chi connectivity index (χ2n) is 5.88. The Bertz CT molecular complexity index is 786. The van der Waals surface area contributed by atoms with Crippen LogP contribution in [0.2, 0.25) is 0 Å². The molecule has 6 nitrogen and oxygen atoms in total. The number of aliphatic imine (C=N–C) groups is 1. The molecule has 0 spiro atoms. The Morgan fingerprint density at radius 2 is 1.73 bits per heavy atom. The van der Waals surface area contributed by atoms with Gasteiger partial charge in [0.1, 0.15) is 5.82 Å². The third-order valence-electron chi connectivity index (χ3n) is 3.50. The van der Waals surface area contributed by atoms with Gasteiger partial charge in [-0.1, -0.05) is 36.4 Å². The summed E-state index contributed by atoms with van der Waals surface area (Å²) in [5.41, 5.74) is 2.79. The van der Waals surface area contributed by atoms with Crippen LogP contribution >= 0.6 is 0 Å². The molecule has 2 N–H and O–H groups in total. The van der Waals surface area contributed by atoms with Crippen LogP contribution in [0.1, 0.15) is 18.1 Å². The second-order valence-corrected chi connectivity index (χ2v) is 5.88. The van der Waals surface area contributed by atoms with E-state index in [2.05, 4.69) is 22.2 Å². The van der Waals surface area contributed by atoms with Crippen molar-refractivity contribution in [1.29, 1.82) is 0 Å². The first-order valence-electron chi connectivity index (χ1n) is 8.08. The quantitative estimate of drug-likeness (QED) is 0.261. The lowest BCUT2D eigenvalue weighted by Crippen LogP contribution is -2.37. The molecule has 2 rings (SSSR count). The number of guanidine groups is 1. The zero-order valence-electron chi connectivity index (χ0n) is 14.5. The highest BCUT2D eigenvalue weighted by molar-refractivity contribution is 5.80. The molecule has 0 aliphatic heterocycles. The highest BCUT2D eigenvalue weighted by Crippen LogP contribution is 2.11. The lowest BCUT2D eigenvalue weighted by Gasteiger charge is -2.13. The summed E-state index contributed by atoms with van der Waals surface area (Å²) in [7, 11) is 0. The summed E-state index contributed by atoms with van der Waals surface area (Å²) < 4.78 is 13.0. The molecule has 0 fully saturated rings. The van der Waals surface area contributed by atoms with E-state index in [1.165, 1.54) is 24.3 Å². The van der Waals surface area contributed by atoms with Crippen LogP contribution in [0.15, 0.2) is 65.7 Å². The molecule has 0 unspecified atom stereocenters. The van der Waals surface area contributed by atoms with E-state index < -0.39 is 4.92 Å². The standard InChI is InChI=1S/C19H21FN4O2/c1-14(2)11-21-19(22-12-15-3-7-17(20)8-4-15)23-13-16-5-9-18(10-6-16)24(25)26/h3-10H,1,11-13H2,2H3,(H2,21,22,23). The van der Waals surface area contributed by atoms with E-state index in [4.69, 9.17) is 0 Å². The number of benzene rings is 2. The summed E-state index contributed by atoms with van der Waals surface area (Å²) in [4.78, 5) is 14.7. The van der Waals surface area contributed by atoms with Gasteiger partial charge in [-0.2, -0.15) is 0 Å². The van der Waals surface area contributed by atoms with E-state index in [9.17, 15) is 14.5 Å². The molecule has 0 saturated heterocycles. The average molecular weight is 356 g/mol. The molecule has 0 radical (unpaired) electrons. The maximum absolute atomic E-state index is 13.0. The lowest BCUT2D eigenvalue weighted by atomic mass is 10.2. The molecule has 2 aromatic carbocycles. The fourth-order valence-corrected chi connectivity index (χ4v) is 2.09. The normalized spacial score (nSPS) is 11.1. The van der Waals surface area contributed by atoms with Gasteiger partial charge in [-0.3, -0.25) is 10.1 Å². The van der Waals surface area contributed by atoms with Crippen LogP contribution in [-0.4, -0.2) is 17.4 Å². The number of halogens is 1. The lowest BCUT2D eigenvalue weighted by molar-refractivity contribution is -0.384. The van der Waals surface area contributed by atoms with Crippen molar-refractivity contribution in [3.05, 3.63) is 87.7 Å². The number of rotatable bonds is 7. The molecule has 136 valence electrons. The summed E-state index contributed by atoms with van der Waals surface area (Å²) in [6.07, 6.45) is 0. The van der Waals surface area contributed by atoms with Gasteiger partial charge >= 0.3 is 0 Å². The number of hydrogen-bond acceptors (Lipinski definition) is 3. The van der Waals surface area contributed by atoms with Crippen LogP contribution in [0.3, 0.4) is 0 Å². The second kappa shape index (κ2) is 9.31. The highest BCUT2D eigenvalue weighted by Gasteiger charge is 2.05. The van der Waals surface area contributed by atoms with Gasteiger partial charge in [-0.25, -0.2) is 9.38 Å². The first-order chi connectivity index (χ1) is 12.4. The topological polar surface area (TPSA) is 79.6 Å². The van der Waals surface area contributed by atoms with Gasteiger partial charge in [-0.05, 0) is 30.2 Å². The third kappa shape index (κ3) is 6.35. The summed E-state index contributed by atoms with van der Waals surface area (Å²) in [6.45, 7) is 7.17. The van der Waals surface area contributed by atoms with Gasteiger partial charge in [0.15, 0.2) is 5.96 Å². The van der Waals surface area contributed by atoms with E-state index in [1.54, 1.807) is 24.3 Å². The Morgan fingerprint density at radius 3 is 2.31 bits per heavy atom. The van der Waals surface area contributed by atoms with Gasteiger partial charge in [0.2, 0.25) is 0 Å². The van der Waals surface area contributed by atoms with E-state index in [-0.39, 0.29) is 11.5 Å². The molecule has 0 amide bonds. The van der Waals surface area contributed by atoms with Crippen LogP contribution in [-0.2, 0) is 13.1 Å². The zero-order valence-corrected chi connectivity index (χ0v) is 14.5. The molecule has 0 saturated carbocycles. The van der Waals surface area contributed by atoms with Gasteiger partial charge in [0.05, 0.1) is 11.5 Å². The van der Waals surface area contributed by atoms with E-state index in [0.717, 1.165) is 16.7 Å². The Morgan fingerprint density at radius 1 is 1.12 bits per heavy atom. The Balaban J connectivity index is 2.01. The molecule has 0 bridgehead atoms.